The minimum absolute atomic E-state index is 0. The molecular formula is C12H19BrClN3O4S. The summed E-state index contributed by atoms with van der Waals surface area (Å²) in [5.74, 6) is 0. The summed E-state index contributed by atoms with van der Waals surface area (Å²) in [6.45, 7) is 3.74. The van der Waals surface area contributed by atoms with Gasteiger partial charge in [0.15, 0.2) is 4.90 Å². The Kier molecular flexibility index (Phi) is 7.93. The molecule has 0 atom stereocenters. The summed E-state index contributed by atoms with van der Waals surface area (Å²) in [4.78, 5) is 9.93. The van der Waals surface area contributed by atoms with Gasteiger partial charge in [-0.15, -0.1) is 12.4 Å². The van der Waals surface area contributed by atoms with Gasteiger partial charge in [-0.25, -0.2) is 13.1 Å². The number of hydrogen-bond acceptors (Lipinski definition) is 5. The molecule has 1 rings (SSSR count). The highest BCUT2D eigenvalue weighted by Crippen LogP contribution is 2.29. The van der Waals surface area contributed by atoms with E-state index in [1.54, 1.807) is 0 Å². The smallest absolute Gasteiger partial charge is 0.289 e. The number of benzene rings is 1. The third-order valence-corrected chi connectivity index (χ3v) is 5.60. The number of sulfonamides is 1. The first-order chi connectivity index (χ1) is 9.71. The summed E-state index contributed by atoms with van der Waals surface area (Å²) in [5, 5.41) is 11.0. The number of nitro benzene ring substituents is 1. The van der Waals surface area contributed by atoms with E-state index in [1.165, 1.54) is 12.1 Å². The maximum Gasteiger partial charge on any atom is 0.289 e. The van der Waals surface area contributed by atoms with Crippen LogP contribution in [0.25, 0.3) is 0 Å². The second-order valence-electron chi connectivity index (χ2n) is 4.67. The van der Waals surface area contributed by atoms with Gasteiger partial charge < -0.3 is 5.73 Å². The van der Waals surface area contributed by atoms with Gasteiger partial charge in [-0.1, -0.05) is 29.8 Å². The zero-order valence-electron chi connectivity index (χ0n) is 12.2. The molecule has 3 N–H and O–H groups in total. The summed E-state index contributed by atoms with van der Waals surface area (Å²) in [7, 11) is -4.05. The van der Waals surface area contributed by atoms with Crippen LogP contribution in [-0.2, 0) is 10.0 Å². The van der Waals surface area contributed by atoms with Crippen LogP contribution in [0.15, 0.2) is 27.6 Å². The van der Waals surface area contributed by atoms with Crippen LogP contribution in [0.1, 0.15) is 26.7 Å². The number of rotatable bonds is 7. The molecule has 0 radical (unpaired) electrons. The maximum atomic E-state index is 12.5. The topological polar surface area (TPSA) is 115 Å². The molecule has 1 aromatic rings. The van der Waals surface area contributed by atoms with Crippen LogP contribution in [-0.4, -0.2) is 25.4 Å². The van der Waals surface area contributed by atoms with Crippen molar-refractivity contribution >= 4 is 44.0 Å². The molecule has 0 aliphatic rings. The molecule has 0 unspecified atom stereocenters. The van der Waals surface area contributed by atoms with Crippen molar-refractivity contribution in [2.45, 2.75) is 37.1 Å². The lowest BCUT2D eigenvalue weighted by atomic mass is 9.95. The predicted octanol–water partition coefficient (Wildman–Crippen LogP) is 2.57. The Balaban J connectivity index is 0.00000441. The molecule has 0 bridgehead atoms. The molecule has 0 spiro atoms. The van der Waals surface area contributed by atoms with Gasteiger partial charge in [0, 0.05) is 22.6 Å². The highest BCUT2D eigenvalue weighted by molar-refractivity contribution is 9.10. The summed E-state index contributed by atoms with van der Waals surface area (Å²) in [6, 6.07) is 3.79. The molecule has 0 fully saturated rings. The standard InChI is InChI=1S/C12H18BrN3O4S.ClH/c1-3-12(4-2,8-14)15-21(19,20)11-7-9(13)5-6-10(11)16(17)18;/h5-7,15H,3-4,8,14H2,1-2H3;1H. The minimum Gasteiger partial charge on any atom is -0.329 e. The molecule has 0 aliphatic heterocycles. The number of nitrogens with two attached hydrogens (primary N) is 1. The molecule has 0 amide bonds. The molecule has 0 saturated heterocycles. The number of nitrogens with zero attached hydrogens (tertiary/aromatic N) is 1. The van der Waals surface area contributed by atoms with Crippen molar-refractivity contribution in [3.63, 3.8) is 0 Å². The van der Waals surface area contributed by atoms with E-state index < -0.39 is 26.2 Å². The summed E-state index contributed by atoms with van der Waals surface area (Å²) < 4.78 is 28.0. The van der Waals surface area contributed by atoms with Gasteiger partial charge in [0.25, 0.3) is 5.69 Å². The molecule has 22 heavy (non-hydrogen) atoms. The van der Waals surface area contributed by atoms with E-state index in [0.717, 1.165) is 6.07 Å². The van der Waals surface area contributed by atoms with Crippen LogP contribution in [0.5, 0.6) is 0 Å². The number of nitro groups is 1. The lowest BCUT2D eigenvalue weighted by Crippen LogP contribution is -2.52. The summed E-state index contributed by atoms with van der Waals surface area (Å²) in [5.41, 5.74) is 4.39. The summed E-state index contributed by atoms with van der Waals surface area (Å²) >= 11 is 3.13. The molecule has 10 heteroatoms. The van der Waals surface area contributed by atoms with Crippen molar-refractivity contribution in [3.05, 3.63) is 32.8 Å². The third-order valence-electron chi connectivity index (χ3n) is 3.50. The Morgan fingerprint density at radius 2 is 1.91 bits per heavy atom. The molecular weight excluding hydrogens is 398 g/mol. The van der Waals surface area contributed by atoms with Crippen LogP contribution in [0.4, 0.5) is 5.69 Å². The monoisotopic (exact) mass is 415 g/mol. The van der Waals surface area contributed by atoms with Crippen molar-refractivity contribution in [2.24, 2.45) is 5.73 Å². The quantitative estimate of drug-likeness (QED) is 0.523. The highest BCUT2D eigenvalue weighted by Gasteiger charge is 2.34. The van der Waals surface area contributed by atoms with Gasteiger partial charge in [-0.3, -0.25) is 10.1 Å². The van der Waals surface area contributed by atoms with Crippen molar-refractivity contribution in [1.82, 2.24) is 4.72 Å². The van der Waals surface area contributed by atoms with Gasteiger partial charge in [-0.2, -0.15) is 0 Å². The average molecular weight is 417 g/mol. The fraction of sp³-hybridized carbons (Fsp3) is 0.500. The Bertz CT molecular complexity index is 627. The lowest BCUT2D eigenvalue weighted by molar-refractivity contribution is -0.387. The van der Waals surface area contributed by atoms with Crippen molar-refractivity contribution < 1.29 is 13.3 Å². The van der Waals surface area contributed by atoms with Crippen LogP contribution in [0.3, 0.4) is 0 Å². The van der Waals surface area contributed by atoms with E-state index in [-0.39, 0.29) is 23.8 Å². The normalized spacial score (nSPS) is 11.8. The molecule has 0 aromatic heterocycles. The molecule has 0 saturated carbocycles. The Labute approximate surface area is 144 Å². The van der Waals surface area contributed by atoms with Gasteiger partial charge in [0.1, 0.15) is 0 Å². The first-order valence-electron chi connectivity index (χ1n) is 6.39. The van der Waals surface area contributed by atoms with Crippen LogP contribution in [0, 0.1) is 10.1 Å². The predicted molar refractivity (Wildman–Crippen MR) is 90.7 cm³/mol. The van der Waals surface area contributed by atoms with E-state index >= 15 is 0 Å². The van der Waals surface area contributed by atoms with Gasteiger partial charge in [0.05, 0.1) is 4.92 Å². The summed E-state index contributed by atoms with van der Waals surface area (Å²) in [6.07, 6.45) is 0.974. The molecule has 126 valence electrons. The van der Waals surface area contributed by atoms with E-state index in [4.69, 9.17) is 5.73 Å². The Morgan fingerprint density at radius 1 is 1.36 bits per heavy atom. The Morgan fingerprint density at radius 3 is 2.32 bits per heavy atom. The van der Waals surface area contributed by atoms with Crippen LogP contribution >= 0.6 is 28.3 Å². The molecule has 7 nitrogen and oxygen atoms in total. The van der Waals surface area contributed by atoms with E-state index in [2.05, 4.69) is 20.7 Å². The van der Waals surface area contributed by atoms with Crippen LogP contribution < -0.4 is 10.5 Å². The lowest BCUT2D eigenvalue weighted by Gasteiger charge is -2.30. The minimum atomic E-state index is -4.05. The zero-order chi connectivity index (χ0) is 16.3. The van der Waals surface area contributed by atoms with Crippen LogP contribution in [0.2, 0.25) is 0 Å². The van der Waals surface area contributed by atoms with Gasteiger partial charge in [-0.05, 0) is 25.0 Å². The molecule has 1 aromatic carbocycles. The zero-order valence-corrected chi connectivity index (χ0v) is 15.4. The largest absolute Gasteiger partial charge is 0.329 e. The van der Waals surface area contributed by atoms with E-state index in [9.17, 15) is 18.5 Å². The number of nitrogens with one attached hydrogen (secondary N) is 1. The maximum absolute atomic E-state index is 12.5. The SMILES string of the molecule is CCC(CC)(CN)NS(=O)(=O)c1cc(Br)ccc1[N+](=O)[O-].Cl. The second kappa shape index (κ2) is 8.21. The first kappa shape index (κ1) is 21.3. The van der Waals surface area contributed by atoms with E-state index in [1.807, 2.05) is 13.8 Å². The average Bonchev–Trinajstić information content (AvgIpc) is 2.44. The first-order valence-corrected chi connectivity index (χ1v) is 8.67. The molecule has 0 heterocycles. The fourth-order valence-corrected chi connectivity index (χ4v) is 4.18. The number of halogens is 2. The van der Waals surface area contributed by atoms with E-state index in [0.29, 0.717) is 17.3 Å². The van der Waals surface area contributed by atoms with Crippen molar-refractivity contribution in [3.8, 4) is 0 Å². The second-order valence-corrected chi connectivity index (χ2v) is 7.23. The number of hydrogen-bond donors (Lipinski definition) is 2. The third kappa shape index (κ3) is 4.63. The van der Waals surface area contributed by atoms with Gasteiger partial charge >= 0.3 is 0 Å². The fourth-order valence-electron chi connectivity index (χ4n) is 1.92. The molecule has 0 aliphatic carbocycles. The van der Waals surface area contributed by atoms with Crippen molar-refractivity contribution in [2.75, 3.05) is 6.54 Å². The highest BCUT2D eigenvalue weighted by atomic mass is 79.9. The van der Waals surface area contributed by atoms with Crippen molar-refractivity contribution in [1.29, 1.82) is 0 Å². The van der Waals surface area contributed by atoms with Gasteiger partial charge in [0.2, 0.25) is 10.0 Å². The Hall–Kier alpha value is -0.740.